The molecule has 0 saturated carbocycles. The maximum atomic E-state index is 12.3. The summed E-state index contributed by atoms with van der Waals surface area (Å²) in [4.78, 5) is 13.8. The van der Waals surface area contributed by atoms with Gasteiger partial charge in [-0.1, -0.05) is 24.3 Å². The van der Waals surface area contributed by atoms with Crippen molar-refractivity contribution in [3.63, 3.8) is 0 Å². The van der Waals surface area contributed by atoms with E-state index in [4.69, 9.17) is 0 Å². The molecule has 9 heteroatoms. The molecule has 0 aliphatic carbocycles. The standard InChI is InChI=1S/C21H22F2N2O4S/c1-24(15-17-5-10-19(11-6-17)29-21(22)23)20(26)12-7-16-3-8-18(9-4-16)25-13-2-14-30(25,27)28/h3-12,21H,2,13-15H2,1H3/b12-7+. The highest BCUT2D eigenvalue weighted by Gasteiger charge is 2.28. The lowest BCUT2D eigenvalue weighted by atomic mass is 10.2. The lowest BCUT2D eigenvalue weighted by Crippen LogP contribution is -2.24. The van der Waals surface area contributed by atoms with Crippen LogP contribution in [0.2, 0.25) is 0 Å². The predicted octanol–water partition coefficient (Wildman–Crippen LogP) is 3.50. The average Bonchev–Trinajstić information content (AvgIpc) is 3.06. The topological polar surface area (TPSA) is 66.9 Å². The molecule has 1 aliphatic heterocycles. The summed E-state index contributed by atoms with van der Waals surface area (Å²) in [6.45, 7) is -2.08. The zero-order valence-corrected chi connectivity index (χ0v) is 17.2. The lowest BCUT2D eigenvalue weighted by molar-refractivity contribution is -0.125. The molecule has 2 aromatic rings. The highest BCUT2D eigenvalue weighted by molar-refractivity contribution is 7.93. The molecular weight excluding hydrogens is 414 g/mol. The quantitative estimate of drug-likeness (QED) is 0.623. The van der Waals surface area contributed by atoms with Crippen LogP contribution < -0.4 is 9.04 Å². The van der Waals surface area contributed by atoms with Gasteiger partial charge in [-0.15, -0.1) is 0 Å². The van der Waals surface area contributed by atoms with Gasteiger partial charge in [0, 0.05) is 26.2 Å². The van der Waals surface area contributed by atoms with Crippen LogP contribution >= 0.6 is 0 Å². The Morgan fingerprint density at radius 2 is 1.83 bits per heavy atom. The number of halogens is 2. The maximum Gasteiger partial charge on any atom is 0.387 e. The van der Waals surface area contributed by atoms with Crippen molar-refractivity contribution >= 4 is 27.7 Å². The van der Waals surface area contributed by atoms with Gasteiger partial charge < -0.3 is 9.64 Å². The first-order valence-corrected chi connectivity index (χ1v) is 10.9. The van der Waals surface area contributed by atoms with Crippen LogP contribution in [0.3, 0.4) is 0 Å². The number of hydrogen-bond acceptors (Lipinski definition) is 4. The SMILES string of the molecule is CN(Cc1ccc(OC(F)F)cc1)C(=O)/C=C/c1ccc(N2CCCS2(=O)=O)cc1. The summed E-state index contributed by atoms with van der Waals surface area (Å²) in [5.41, 5.74) is 2.16. The van der Waals surface area contributed by atoms with E-state index < -0.39 is 16.6 Å². The number of carbonyl (C=O) groups is 1. The first-order valence-electron chi connectivity index (χ1n) is 9.32. The second kappa shape index (κ2) is 9.25. The molecule has 0 radical (unpaired) electrons. The van der Waals surface area contributed by atoms with Gasteiger partial charge in [0.15, 0.2) is 0 Å². The van der Waals surface area contributed by atoms with E-state index in [9.17, 15) is 22.0 Å². The van der Waals surface area contributed by atoms with E-state index in [1.165, 1.54) is 27.4 Å². The summed E-state index contributed by atoms with van der Waals surface area (Å²) >= 11 is 0. The number of likely N-dealkylation sites (N-methyl/N-ethyl adjacent to an activating group) is 1. The van der Waals surface area contributed by atoms with Crippen molar-refractivity contribution in [3.05, 3.63) is 65.7 Å². The van der Waals surface area contributed by atoms with Gasteiger partial charge in [0.1, 0.15) is 5.75 Å². The number of benzene rings is 2. The van der Waals surface area contributed by atoms with Gasteiger partial charge in [0.25, 0.3) is 0 Å². The summed E-state index contributed by atoms with van der Waals surface area (Å²) < 4.78 is 54.0. The minimum absolute atomic E-state index is 0.0628. The maximum absolute atomic E-state index is 12.3. The number of rotatable bonds is 7. The summed E-state index contributed by atoms with van der Waals surface area (Å²) in [6.07, 6.45) is 3.70. The smallest absolute Gasteiger partial charge is 0.387 e. The van der Waals surface area contributed by atoms with Crippen LogP contribution in [-0.2, 0) is 21.4 Å². The Bertz CT molecular complexity index is 1010. The Kier molecular flexibility index (Phi) is 6.71. The average molecular weight is 436 g/mol. The number of ether oxygens (including phenoxy) is 1. The van der Waals surface area contributed by atoms with E-state index in [0.29, 0.717) is 25.2 Å². The van der Waals surface area contributed by atoms with Crippen LogP contribution in [0.25, 0.3) is 6.08 Å². The Morgan fingerprint density at radius 1 is 1.17 bits per heavy atom. The van der Waals surface area contributed by atoms with Crippen molar-refractivity contribution < 1.29 is 26.7 Å². The van der Waals surface area contributed by atoms with Gasteiger partial charge >= 0.3 is 6.61 Å². The van der Waals surface area contributed by atoms with E-state index in [-0.39, 0.29) is 17.4 Å². The molecule has 0 bridgehead atoms. The minimum atomic E-state index is -3.22. The number of alkyl halides is 2. The fraction of sp³-hybridized carbons (Fsp3) is 0.286. The summed E-state index contributed by atoms with van der Waals surface area (Å²) in [7, 11) is -1.58. The monoisotopic (exact) mass is 436 g/mol. The van der Waals surface area contributed by atoms with E-state index in [2.05, 4.69) is 4.74 Å². The van der Waals surface area contributed by atoms with Crippen molar-refractivity contribution in [1.82, 2.24) is 4.90 Å². The zero-order valence-electron chi connectivity index (χ0n) is 16.4. The summed E-state index contributed by atoms with van der Waals surface area (Å²) in [5, 5.41) is 0. The van der Waals surface area contributed by atoms with Gasteiger partial charge in [0.05, 0.1) is 11.4 Å². The molecule has 0 atom stereocenters. The first kappa shape index (κ1) is 21.8. The molecule has 1 heterocycles. The van der Waals surface area contributed by atoms with Crippen molar-refractivity contribution in [1.29, 1.82) is 0 Å². The van der Waals surface area contributed by atoms with E-state index in [1.54, 1.807) is 49.5 Å². The third-order valence-electron chi connectivity index (χ3n) is 4.64. The number of amides is 1. The van der Waals surface area contributed by atoms with E-state index in [1.807, 2.05) is 0 Å². The van der Waals surface area contributed by atoms with Gasteiger partial charge in [-0.3, -0.25) is 9.10 Å². The van der Waals surface area contributed by atoms with Crippen LogP contribution in [-0.4, -0.2) is 45.2 Å². The number of anilines is 1. The van der Waals surface area contributed by atoms with Crippen molar-refractivity contribution in [2.45, 2.75) is 19.6 Å². The van der Waals surface area contributed by atoms with Gasteiger partial charge in [-0.2, -0.15) is 8.78 Å². The van der Waals surface area contributed by atoms with Crippen molar-refractivity contribution in [2.75, 3.05) is 23.7 Å². The van der Waals surface area contributed by atoms with Crippen molar-refractivity contribution in [2.24, 2.45) is 0 Å². The fourth-order valence-corrected chi connectivity index (χ4v) is 4.67. The molecule has 1 saturated heterocycles. The largest absolute Gasteiger partial charge is 0.435 e. The molecule has 0 N–H and O–H groups in total. The zero-order chi connectivity index (χ0) is 21.7. The molecule has 0 unspecified atom stereocenters. The molecule has 1 amide bonds. The number of sulfonamides is 1. The molecule has 1 aliphatic rings. The number of hydrogen-bond donors (Lipinski definition) is 0. The van der Waals surface area contributed by atoms with E-state index in [0.717, 1.165) is 11.1 Å². The van der Waals surface area contributed by atoms with E-state index >= 15 is 0 Å². The highest BCUT2D eigenvalue weighted by Crippen LogP contribution is 2.24. The molecule has 0 spiro atoms. The molecule has 2 aromatic carbocycles. The number of nitrogens with zero attached hydrogens (tertiary/aromatic N) is 2. The lowest BCUT2D eigenvalue weighted by Gasteiger charge is -2.17. The Labute approximate surface area is 174 Å². The third-order valence-corrected chi connectivity index (χ3v) is 6.51. The highest BCUT2D eigenvalue weighted by atomic mass is 32.2. The van der Waals surface area contributed by atoms with Crippen molar-refractivity contribution in [3.8, 4) is 5.75 Å². The third kappa shape index (κ3) is 5.56. The normalized spacial score (nSPS) is 15.7. The predicted molar refractivity (Wildman–Crippen MR) is 111 cm³/mol. The molecule has 30 heavy (non-hydrogen) atoms. The Balaban J connectivity index is 1.57. The van der Waals surface area contributed by atoms with Crippen LogP contribution in [0.4, 0.5) is 14.5 Å². The molecule has 3 rings (SSSR count). The van der Waals surface area contributed by atoms with Gasteiger partial charge in [-0.05, 0) is 47.9 Å². The molecule has 0 aromatic heterocycles. The molecule has 6 nitrogen and oxygen atoms in total. The van der Waals surface area contributed by atoms with Gasteiger partial charge in [0.2, 0.25) is 15.9 Å². The molecule has 160 valence electrons. The second-order valence-electron chi connectivity index (χ2n) is 6.88. The summed E-state index contributed by atoms with van der Waals surface area (Å²) in [6, 6.07) is 13.1. The van der Waals surface area contributed by atoms with Crippen LogP contribution in [0, 0.1) is 0 Å². The first-order chi connectivity index (χ1) is 14.2. The Hall–Kier alpha value is -2.94. The van der Waals surface area contributed by atoms with Crippen LogP contribution in [0.15, 0.2) is 54.6 Å². The minimum Gasteiger partial charge on any atom is -0.435 e. The van der Waals surface area contributed by atoms with Crippen LogP contribution in [0.1, 0.15) is 17.5 Å². The summed E-state index contributed by atoms with van der Waals surface area (Å²) in [5.74, 6) is -0.000753. The number of carbonyl (C=O) groups excluding carboxylic acids is 1. The second-order valence-corrected chi connectivity index (χ2v) is 8.90. The molecule has 1 fully saturated rings. The van der Waals surface area contributed by atoms with Crippen LogP contribution in [0.5, 0.6) is 5.75 Å². The fourth-order valence-electron chi connectivity index (χ4n) is 3.10. The Morgan fingerprint density at radius 3 is 2.40 bits per heavy atom. The van der Waals surface area contributed by atoms with Gasteiger partial charge in [-0.25, -0.2) is 8.42 Å². The molecular formula is C21H22F2N2O4S.